The first kappa shape index (κ1) is 22.3. The summed E-state index contributed by atoms with van der Waals surface area (Å²) in [7, 11) is 1.65. The van der Waals surface area contributed by atoms with Crippen molar-refractivity contribution in [1.82, 2.24) is 9.55 Å². The lowest BCUT2D eigenvalue weighted by atomic mass is 9.79. The fraction of sp³-hybridized carbons (Fsp3) is 0.520. The molecule has 162 valence electrons. The number of hydrogen-bond acceptors (Lipinski definition) is 4. The summed E-state index contributed by atoms with van der Waals surface area (Å²) in [6.07, 6.45) is 5.79. The zero-order valence-corrected chi connectivity index (χ0v) is 19.6. The van der Waals surface area contributed by atoms with E-state index in [4.69, 9.17) is 14.5 Å². The van der Waals surface area contributed by atoms with Crippen molar-refractivity contribution in [1.29, 1.82) is 0 Å². The summed E-state index contributed by atoms with van der Waals surface area (Å²) >= 11 is 0. The van der Waals surface area contributed by atoms with Gasteiger partial charge in [0, 0.05) is 24.0 Å². The van der Waals surface area contributed by atoms with Gasteiger partial charge in [0.25, 0.3) is 0 Å². The van der Waals surface area contributed by atoms with E-state index in [0.717, 1.165) is 35.6 Å². The average molecular weight is 410 g/mol. The van der Waals surface area contributed by atoms with Crippen LogP contribution in [0.2, 0.25) is 0 Å². The van der Waals surface area contributed by atoms with Crippen LogP contribution in [0.4, 0.5) is 0 Å². The van der Waals surface area contributed by atoms with Gasteiger partial charge >= 0.3 is 0 Å². The van der Waals surface area contributed by atoms with E-state index in [1.165, 1.54) is 5.56 Å². The lowest BCUT2D eigenvalue weighted by Gasteiger charge is -2.45. The second-order valence-corrected chi connectivity index (χ2v) is 9.44. The molecule has 5 heteroatoms. The van der Waals surface area contributed by atoms with Crippen molar-refractivity contribution in [3.63, 3.8) is 0 Å². The lowest BCUT2D eigenvalue weighted by molar-refractivity contribution is -0.162. The second-order valence-electron chi connectivity index (χ2n) is 9.44. The molecular formula is C25H35N3O2. The number of ether oxygens (including phenoxy) is 2. The van der Waals surface area contributed by atoms with Gasteiger partial charge in [-0.15, -0.1) is 0 Å². The minimum absolute atomic E-state index is 0.185. The number of aryl methyl sites for hydroxylation is 1. The van der Waals surface area contributed by atoms with Crippen LogP contribution in [0.1, 0.15) is 77.4 Å². The van der Waals surface area contributed by atoms with Gasteiger partial charge in [-0.2, -0.15) is 0 Å². The number of allylic oxidation sites excluding steroid dienone is 1. The molecule has 0 atom stereocenters. The molecule has 1 aliphatic rings. The molecule has 1 aromatic heterocycles. The molecule has 0 unspecified atom stereocenters. The number of rotatable bonds is 5. The van der Waals surface area contributed by atoms with Gasteiger partial charge in [0.2, 0.25) is 5.88 Å². The first-order valence-corrected chi connectivity index (χ1v) is 10.7. The molecular weight excluding hydrogens is 374 g/mol. The van der Waals surface area contributed by atoms with Gasteiger partial charge in [0.05, 0.1) is 29.6 Å². The number of benzene rings is 1. The molecule has 0 N–H and O–H groups in total. The van der Waals surface area contributed by atoms with E-state index in [1.54, 1.807) is 13.3 Å². The topological polar surface area (TPSA) is 48.6 Å². The molecule has 0 bridgehead atoms. The standard InChI is InChI=1S/C25H35N3O2/c1-9-26-23(29-8)18(3)22-27-21(16-28(22)20-12-10-17(2)11-13-20)19-14-24(4,5)30-25(6,7)15-19/h9-13,16,19H,14-15H2,1-8H3/b23-18-,26-9?. The highest BCUT2D eigenvalue weighted by atomic mass is 16.5. The van der Waals surface area contributed by atoms with Crippen LogP contribution in [0.5, 0.6) is 0 Å². The summed E-state index contributed by atoms with van der Waals surface area (Å²) in [5.41, 5.74) is 3.94. The summed E-state index contributed by atoms with van der Waals surface area (Å²) in [6.45, 7) is 14.7. The Morgan fingerprint density at radius 1 is 1.17 bits per heavy atom. The highest BCUT2D eigenvalue weighted by Gasteiger charge is 2.41. The third kappa shape index (κ3) is 4.84. The molecule has 30 heavy (non-hydrogen) atoms. The molecule has 0 saturated carbocycles. The Balaban J connectivity index is 2.14. The number of hydrogen-bond donors (Lipinski definition) is 0. The Hall–Kier alpha value is -2.40. The minimum Gasteiger partial charge on any atom is -0.481 e. The van der Waals surface area contributed by atoms with Gasteiger partial charge in [0.1, 0.15) is 5.82 Å². The van der Waals surface area contributed by atoms with Crippen molar-refractivity contribution < 1.29 is 9.47 Å². The number of aromatic nitrogens is 2. The lowest BCUT2D eigenvalue weighted by Crippen LogP contribution is -2.44. The van der Waals surface area contributed by atoms with E-state index < -0.39 is 0 Å². The van der Waals surface area contributed by atoms with Crippen LogP contribution >= 0.6 is 0 Å². The van der Waals surface area contributed by atoms with Crippen LogP contribution in [0, 0.1) is 6.92 Å². The fourth-order valence-corrected chi connectivity index (χ4v) is 4.58. The number of aliphatic imine (C=N–C) groups is 1. The van der Waals surface area contributed by atoms with Crippen molar-refractivity contribution in [3.8, 4) is 5.69 Å². The molecule has 5 nitrogen and oxygen atoms in total. The van der Waals surface area contributed by atoms with Gasteiger partial charge < -0.3 is 9.47 Å². The van der Waals surface area contributed by atoms with Crippen molar-refractivity contribution in [2.75, 3.05) is 7.11 Å². The zero-order valence-electron chi connectivity index (χ0n) is 19.6. The van der Waals surface area contributed by atoms with Crippen molar-refractivity contribution in [2.45, 2.75) is 78.4 Å². The van der Waals surface area contributed by atoms with Crippen LogP contribution < -0.4 is 0 Å². The highest BCUT2D eigenvalue weighted by Crippen LogP contribution is 2.43. The predicted octanol–water partition coefficient (Wildman–Crippen LogP) is 6.06. The molecule has 0 spiro atoms. The average Bonchev–Trinajstić information content (AvgIpc) is 3.09. The van der Waals surface area contributed by atoms with Gasteiger partial charge in [-0.25, -0.2) is 9.98 Å². The zero-order chi connectivity index (χ0) is 22.1. The van der Waals surface area contributed by atoms with Crippen LogP contribution in [0.3, 0.4) is 0 Å². The van der Waals surface area contributed by atoms with Gasteiger partial charge in [-0.05, 0) is 73.4 Å². The molecule has 3 rings (SSSR count). The van der Waals surface area contributed by atoms with Gasteiger partial charge in [-0.1, -0.05) is 17.7 Å². The summed E-state index contributed by atoms with van der Waals surface area (Å²) in [6, 6.07) is 8.51. The van der Waals surface area contributed by atoms with Crippen LogP contribution in [0.15, 0.2) is 41.3 Å². The van der Waals surface area contributed by atoms with E-state index in [1.807, 2.05) is 13.8 Å². The van der Waals surface area contributed by atoms with Crippen LogP contribution in [-0.2, 0) is 9.47 Å². The quantitative estimate of drug-likeness (QED) is 0.446. The Morgan fingerprint density at radius 2 is 1.77 bits per heavy atom. The highest BCUT2D eigenvalue weighted by molar-refractivity contribution is 5.66. The first-order valence-electron chi connectivity index (χ1n) is 10.7. The van der Waals surface area contributed by atoms with E-state index in [9.17, 15) is 0 Å². The maximum Gasteiger partial charge on any atom is 0.219 e. The Kier molecular flexibility index (Phi) is 6.23. The monoisotopic (exact) mass is 409 g/mol. The summed E-state index contributed by atoms with van der Waals surface area (Å²) in [5, 5.41) is 0. The number of nitrogens with zero attached hydrogens (tertiary/aromatic N) is 3. The molecule has 0 aliphatic carbocycles. The second kappa shape index (κ2) is 8.38. The first-order chi connectivity index (χ1) is 14.0. The van der Waals surface area contributed by atoms with Crippen LogP contribution in [-0.4, -0.2) is 34.1 Å². The maximum absolute atomic E-state index is 6.30. The Bertz CT molecular complexity index is 933. The Morgan fingerprint density at radius 3 is 2.30 bits per heavy atom. The minimum atomic E-state index is -0.185. The van der Waals surface area contributed by atoms with Gasteiger partial charge in [-0.3, -0.25) is 4.57 Å². The van der Waals surface area contributed by atoms with E-state index >= 15 is 0 Å². The number of methoxy groups -OCH3 is 1. The predicted molar refractivity (Wildman–Crippen MR) is 123 cm³/mol. The summed E-state index contributed by atoms with van der Waals surface area (Å²) < 4.78 is 14.0. The Labute approximate surface area is 180 Å². The molecule has 2 aromatic rings. The fourth-order valence-electron chi connectivity index (χ4n) is 4.58. The summed E-state index contributed by atoms with van der Waals surface area (Å²) in [4.78, 5) is 9.51. The molecule has 1 fully saturated rings. The maximum atomic E-state index is 6.30. The molecule has 1 aliphatic heterocycles. The van der Waals surface area contributed by atoms with Crippen molar-refractivity contribution in [3.05, 3.63) is 53.4 Å². The molecule has 0 amide bonds. The normalized spacial score (nSPS) is 19.7. The smallest absolute Gasteiger partial charge is 0.219 e. The molecule has 1 saturated heterocycles. The SMILES string of the molecule is CC=N/C(OC)=C(\C)c1nc(C2CC(C)(C)OC(C)(C)C2)cn1-c1ccc(C)cc1. The van der Waals surface area contributed by atoms with Crippen molar-refractivity contribution in [2.24, 2.45) is 4.99 Å². The van der Waals surface area contributed by atoms with E-state index in [0.29, 0.717) is 11.8 Å². The third-order valence-corrected chi connectivity index (χ3v) is 5.58. The molecule has 2 heterocycles. The molecule has 0 radical (unpaired) electrons. The van der Waals surface area contributed by atoms with E-state index in [2.05, 4.69) is 74.6 Å². The summed E-state index contributed by atoms with van der Waals surface area (Å²) in [5.74, 6) is 1.76. The van der Waals surface area contributed by atoms with E-state index in [-0.39, 0.29) is 11.2 Å². The third-order valence-electron chi connectivity index (χ3n) is 5.58. The molecule has 1 aromatic carbocycles. The van der Waals surface area contributed by atoms with Crippen molar-refractivity contribution >= 4 is 11.8 Å². The van der Waals surface area contributed by atoms with Crippen LogP contribution in [0.25, 0.3) is 11.3 Å². The number of imidazole rings is 1. The van der Waals surface area contributed by atoms with Gasteiger partial charge in [0.15, 0.2) is 0 Å². The largest absolute Gasteiger partial charge is 0.481 e.